The van der Waals surface area contributed by atoms with Crippen LogP contribution in [0.3, 0.4) is 0 Å². The van der Waals surface area contributed by atoms with Gasteiger partial charge in [-0.05, 0) is 23.6 Å². The van der Waals surface area contributed by atoms with Crippen molar-refractivity contribution in [3.05, 3.63) is 52.0 Å². The van der Waals surface area contributed by atoms with Gasteiger partial charge in [0.2, 0.25) is 5.91 Å². The van der Waals surface area contributed by atoms with Crippen LogP contribution in [-0.2, 0) is 11.2 Å². The number of hydrogen-bond acceptors (Lipinski definition) is 3. The number of nitrogens with one attached hydrogen (secondary N) is 1. The molecule has 2 N–H and O–H groups in total. The Morgan fingerprint density at radius 2 is 2.05 bits per heavy atom. The average Bonchev–Trinajstić information content (AvgIpc) is 2.84. The van der Waals surface area contributed by atoms with E-state index >= 15 is 0 Å². The summed E-state index contributed by atoms with van der Waals surface area (Å²) in [4.78, 5) is 23.5. The molecule has 6 heteroatoms. The van der Waals surface area contributed by atoms with Crippen LogP contribution < -0.4 is 5.32 Å². The molecule has 0 saturated heterocycles. The van der Waals surface area contributed by atoms with Crippen LogP contribution >= 0.6 is 11.3 Å². The van der Waals surface area contributed by atoms with E-state index in [9.17, 15) is 14.0 Å². The molecule has 0 fully saturated rings. The summed E-state index contributed by atoms with van der Waals surface area (Å²) in [6, 6.07) is 7.22. The third-order valence-electron chi connectivity index (χ3n) is 2.42. The van der Waals surface area contributed by atoms with Crippen molar-refractivity contribution in [1.29, 1.82) is 0 Å². The molecule has 98 valence electrons. The number of carbonyl (C=O) groups is 2. The van der Waals surface area contributed by atoms with Gasteiger partial charge in [0.1, 0.15) is 5.82 Å². The van der Waals surface area contributed by atoms with E-state index in [1.165, 1.54) is 23.5 Å². The summed E-state index contributed by atoms with van der Waals surface area (Å²) in [5.74, 6) is -2.50. The molecule has 0 aliphatic carbocycles. The SMILES string of the molecule is O=C(Cc1cccs1)Nc1c(F)cccc1C(=O)O. The Morgan fingerprint density at radius 1 is 1.26 bits per heavy atom. The maximum absolute atomic E-state index is 13.6. The van der Waals surface area contributed by atoms with Crippen LogP contribution in [-0.4, -0.2) is 17.0 Å². The van der Waals surface area contributed by atoms with Crippen LogP contribution in [0.25, 0.3) is 0 Å². The zero-order valence-electron chi connectivity index (χ0n) is 9.72. The summed E-state index contributed by atoms with van der Waals surface area (Å²) >= 11 is 1.41. The highest BCUT2D eigenvalue weighted by atomic mass is 32.1. The minimum Gasteiger partial charge on any atom is -0.478 e. The van der Waals surface area contributed by atoms with Crippen LogP contribution in [0.1, 0.15) is 15.2 Å². The average molecular weight is 279 g/mol. The number of carboxylic acid groups (broad SMARTS) is 1. The van der Waals surface area contributed by atoms with Gasteiger partial charge in [-0.15, -0.1) is 11.3 Å². The molecule has 0 unspecified atom stereocenters. The summed E-state index contributed by atoms with van der Waals surface area (Å²) in [7, 11) is 0. The molecule has 0 radical (unpaired) electrons. The number of para-hydroxylation sites is 1. The molecule has 1 amide bonds. The van der Waals surface area contributed by atoms with Crippen molar-refractivity contribution < 1.29 is 19.1 Å². The van der Waals surface area contributed by atoms with Crippen molar-refractivity contribution in [1.82, 2.24) is 0 Å². The lowest BCUT2D eigenvalue weighted by Crippen LogP contribution is -2.17. The molecule has 0 spiro atoms. The van der Waals surface area contributed by atoms with Crippen LogP contribution in [0, 0.1) is 5.82 Å². The van der Waals surface area contributed by atoms with Gasteiger partial charge < -0.3 is 10.4 Å². The highest BCUT2D eigenvalue weighted by Crippen LogP contribution is 2.20. The zero-order valence-corrected chi connectivity index (χ0v) is 10.5. The Hall–Kier alpha value is -2.21. The first-order valence-corrected chi connectivity index (χ1v) is 6.30. The van der Waals surface area contributed by atoms with E-state index in [1.54, 1.807) is 12.1 Å². The van der Waals surface area contributed by atoms with Crippen molar-refractivity contribution >= 4 is 28.9 Å². The normalized spacial score (nSPS) is 10.2. The number of benzene rings is 1. The number of hydrogen-bond donors (Lipinski definition) is 2. The molecule has 1 aromatic heterocycles. The smallest absolute Gasteiger partial charge is 0.337 e. The second-order valence-corrected chi connectivity index (χ2v) is 4.80. The first-order chi connectivity index (χ1) is 9.08. The lowest BCUT2D eigenvalue weighted by atomic mass is 10.1. The fourth-order valence-electron chi connectivity index (χ4n) is 1.58. The van der Waals surface area contributed by atoms with Crippen molar-refractivity contribution in [2.24, 2.45) is 0 Å². The number of rotatable bonds is 4. The Balaban J connectivity index is 2.19. The number of amides is 1. The van der Waals surface area contributed by atoms with E-state index in [2.05, 4.69) is 5.32 Å². The highest BCUT2D eigenvalue weighted by Gasteiger charge is 2.16. The minimum atomic E-state index is -1.29. The fourth-order valence-corrected chi connectivity index (χ4v) is 2.29. The van der Waals surface area contributed by atoms with E-state index in [1.807, 2.05) is 5.38 Å². The number of carbonyl (C=O) groups excluding carboxylic acids is 1. The van der Waals surface area contributed by atoms with Gasteiger partial charge in [-0.2, -0.15) is 0 Å². The maximum Gasteiger partial charge on any atom is 0.337 e. The standard InChI is InChI=1S/C13H10FNO3S/c14-10-5-1-4-9(13(17)18)12(10)15-11(16)7-8-3-2-6-19-8/h1-6H,7H2,(H,15,16)(H,17,18). The van der Waals surface area contributed by atoms with E-state index in [4.69, 9.17) is 5.11 Å². The van der Waals surface area contributed by atoms with Crippen molar-refractivity contribution in [3.63, 3.8) is 0 Å². The molecule has 2 rings (SSSR count). The number of carboxylic acids is 1. The highest BCUT2D eigenvalue weighted by molar-refractivity contribution is 7.10. The molecule has 0 atom stereocenters. The Labute approximate surface area is 112 Å². The molecule has 4 nitrogen and oxygen atoms in total. The monoisotopic (exact) mass is 279 g/mol. The van der Waals surface area contributed by atoms with E-state index in [0.717, 1.165) is 10.9 Å². The number of aromatic carboxylic acids is 1. The molecule has 2 aromatic rings. The van der Waals surface area contributed by atoms with E-state index in [-0.39, 0.29) is 17.7 Å². The number of thiophene rings is 1. The molecular formula is C13H10FNO3S. The van der Waals surface area contributed by atoms with Gasteiger partial charge >= 0.3 is 5.97 Å². The quantitative estimate of drug-likeness (QED) is 0.904. The summed E-state index contributed by atoms with van der Waals surface area (Å²) in [6.07, 6.45) is 0.0884. The second-order valence-electron chi connectivity index (χ2n) is 3.77. The molecule has 19 heavy (non-hydrogen) atoms. The molecule has 0 bridgehead atoms. The maximum atomic E-state index is 13.6. The van der Waals surface area contributed by atoms with Gasteiger partial charge in [0.05, 0.1) is 17.7 Å². The Kier molecular flexibility index (Phi) is 3.91. The Morgan fingerprint density at radius 3 is 2.68 bits per heavy atom. The van der Waals surface area contributed by atoms with Crippen LogP contribution in [0.2, 0.25) is 0 Å². The first kappa shape index (κ1) is 13.2. The minimum absolute atomic E-state index is 0.0884. The topological polar surface area (TPSA) is 66.4 Å². The third kappa shape index (κ3) is 3.17. The summed E-state index contributed by atoms with van der Waals surface area (Å²) < 4.78 is 13.6. The first-order valence-electron chi connectivity index (χ1n) is 5.42. The van der Waals surface area contributed by atoms with Crippen LogP contribution in [0.4, 0.5) is 10.1 Å². The lowest BCUT2D eigenvalue weighted by Gasteiger charge is -2.08. The van der Waals surface area contributed by atoms with Crippen LogP contribution in [0.15, 0.2) is 35.7 Å². The third-order valence-corrected chi connectivity index (χ3v) is 3.30. The van der Waals surface area contributed by atoms with Crippen molar-refractivity contribution in [2.45, 2.75) is 6.42 Å². The molecule has 0 aliphatic rings. The molecule has 1 heterocycles. The molecule has 0 saturated carbocycles. The number of halogens is 1. The predicted molar refractivity (Wildman–Crippen MR) is 70.0 cm³/mol. The van der Waals surface area contributed by atoms with Crippen LogP contribution in [0.5, 0.6) is 0 Å². The van der Waals surface area contributed by atoms with Gasteiger partial charge in [0.25, 0.3) is 0 Å². The fraction of sp³-hybridized carbons (Fsp3) is 0.0769. The molecular weight excluding hydrogens is 269 g/mol. The second kappa shape index (κ2) is 5.62. The van der Waals surface area contributed by atoms with Gasteiger partial charge in [0, 0.05) is 4.88 Å². The van der Waals surface area contributed by atoms with E-state index in [0.29, 0.717) is 0 Å². The van der Waals surface area contributed by atoms with Gasteiger partial charge in [-0.3, -0.25) is 4.79 Å². The molecule has 1 aromatic carbocycles. The van der Waals surface area contributed by atoms with E-state index < -0.39 is 17.7 Å². The Bertz CT molecular complexity index is 610. The van der Waals surface area contributed by atoms with Gasteiger partial charge in [-0.1, -0.05) is 12.1 Å². The molecule has 0 aliphatic heterocycles. The largest absolute Gasteiger partial charge is 0.478 e. The number of anilines is 1. The predicted octanol–water partition coefficient (Wildman–Crippen LogP) is 2.77. The summed E-state index contributed by atoms with van der Waals surface area (Å²) in [6.45, 7) is 0. The van der Waals surface area contributed by atoms with Gasteiger partial charge in [0.15, 0.2) is 0 Å². The van der Waals surface area contributed by atoms with Crippen molar-refractivity contribution in [3.8, 4) is 0 Å². The summed E-state index contributed by atoms with van der Waals surface area (Å²) in [5.41, 5.74) is -0.559. The van der Waals surface area contributed by atoms with Gasteiger partial charge in [-0.25, -0.2) is 9.18 Å². The zero-order chi connectivity index (χ0) is 13.8. The van der Waals surface area contributed by atoms with Crippen molar-refractivity contribution in [2.75, 3.05) is 5.32 Å². The summed E-state index contributed by atoms with van der Waals surface area (Å²) in [5, 5.41) is 13.1. The lowest BCUT2D eigenvalue weighted by molar-refractivity contribution is -0.115.